The monoisotopic (exact) mass is 467 g/mol. The predicted molar refractivity (Wildman–Crippen MR) is 130 cm³/mol. The van der Waals surface area contributed by atoms with Gasteiger partial charge in [-0.1, -0.05) is 31.2 Å². The van der Waals surface area contributed by atoms with Gasteiger partial charge >= 0.3 is 0 Å². The molecule has 6 nitrogen and oxygen atoms in total. The van der Waals surface area contributed by atoms with Crippen LogP contribution in [0.25, 0.3) is 0 Å². The van der Waals surface area contributed by atoms with E-state index in [-0.39, 0.29) is 29.7 Å². The molecule has 4 rings (SSSR count). The number of benzene rings is 1. The summed E-state index contributed by atoms with van der Waals surface area (Å²) in [7, 11) is 0. The van der Waals surface area contributed by atoms with Crippen LogP contribution < -0.4 is 0 Å². The van der Waals surface area contributed by atoms with E-state index in [0.29, 0.717) is 26.2 Å². The maximum Gasteiger partial charge on any atom is 0.263 e. The Balaban J connectivity index is 1.32. The Morgan fingerprint density at radius 3 is 2.12 bits per heavy atom. The van der Waals surface area contributed by atoms with Gasteiger partial charge in [-0.2, -0.15) is 0 Å². The van der Waals surface area contributed by atoms with Crippen LogP contribution in [0.15, 0.2) is 47.8 Å². The van der Waals surface area contributed by atoms with E-state index in [4.69, 9.17) is 0 Å². The maximum atomic E-state index is 13.5. The van der Waals surface area contributed by atoms with E-state index in [1.807, 2.05) is 57.6 Å². The molecule has 0 bridgehead atoms. The smallest absolute Gasteiger partial charge is 0.263 e. The number of rotatable bonds is 6. The summed E-state index contributed by atoms with van der Waals surface area (Å²) < 4.78 is 0. The molecule has 3 heterocycles. The molecule has 0 unspecified atom stereocenters. The van der Waals surface area contributed by atoms with E-state index in [9.17, 15) is 14.4 Å². The van der Waals surface area contributed by atoms with Crippen LogP contribution >= 0.6 is 11.3 Å². The first-order valence-corrected chi connectivity index (χ1v) is 12.9. The fraction of sp³-hybridized carbons (Fsp3) is 0.500. The van der Waals surface area contributed by atoms with Crippen molar-refractivity contribution >= 4 is 29.1 Å². The molecule has 0 saturated carbocycles. The highest BCUT2D eigenvalue weighted by Gasteiger charge is 2.35. The van der Waals surface area contributed by atoms with Crippen LogP contribution in [0.1, 0.15) is 59.1 Å². The largest absolute Gasteiger partial charge is 0.339 e. The Hall–Kier alpha value is -2.67. The third kappa shape index (κ3) is 5.46. The number of amides is 3. The summed E-state index contributed by atoms with van der Waals surface area (Å²) in [6.07, 6.45) is 4.01. The predicted octanol–water partition coefficient (Wildman–Crippen LogP) is 4.14. The number of thiophene rings is 1. The van der Waals surface area contributed by atoms with Gasteiger partial charge in [0.2, 0.25) is 5.91 Å². The number of hydrogen-bond acceptors (Lipinski definition) is 4. The van der Waals surface area contributed by atoms with Crippen molar-refractivity contribution in [3.05, 3.63) is 58.3 Å². The number of carbonyl (C=O) groups excluding carboxylic acids is 3. The SMILES string of the molecule is CCCN(C(=O)C1CCN(C(=O)c2cccs2)CC1)C1CCN(C(=O)c2ccccc2)CC1. The molecule has 2 saturated heterocycles. The fourth-order valence-electron chi connectivity index (χ4n) is 4.98. The molecular formula is C26H33N3O3S. The zero-order chi connectivity index (χ0) is 23.2. The zero-order valence-corrected chi connectivity index (χ0v) is 20.1. The van der Waals surface area contributed by atoms with E-state index < -0.39 is 0 Å². The van der Waals surface area contributed by atoms with E-state index in [1.54, 1.807) is 0 Å². The molecule has 2 aliphatic heterocycles. The topological polar surface area (TPSA) is 60.9 Å². The van der Waals surface area contributed by atoms with Crippen molar-refractivity contribution in [1.82, 2.24) is 14.7 Å². The summed E-state index contributed by atoms with van der Waals surface area (Å²) in [6, 6.07) is 13.4. The Labute approximate surface area is 200 Å². The van der Waals surface area contributed by atoms with Crippen molar-refractivity contribution in [2.24, 2.45) is 5.92 Å². The van der Waals surface area contributed by atoms with E-state index >= 15 is 0 Å². The first-order valence-electron chi connectivity index (χ1n) is 12.1. The molecule has 2 fully saturated rings. The molecule has 3 amide bonds. The van der Waals surface area contributed by atoms with Gasteiger partial charge in [0.15, 0.2) is 0 Å². The molecule has 0 radical (unpaired) electrons. The fourth-order valence-corrected chi connectivity index (χ4v) is 5.67. The molecule has 1 aromatic carbocycles. The summed E-state index contributed by atoms with van der Waals surface area (Å²) in [5.74, 6) is 0.364. The van der Waals surface area contributed by atoms with Crippen molar-refractivity contribution in [3.8, 4) is 0 Å². The van der Waals surface area contributed by atoms with Crippen molar-refractivity contribution in [2.75, 3.05) is 32.7 Å². The van der Waals surface area contributed by atoms with Gasteiger partial charge in [0.05, 0.1) is 4.88 Å². The van der Waals surface area contributed by atoms with E-state index in [1.165, 1.54) is 11.3 Å². The Bertz CT molecular complexity index is 931. The van der Waals surface area contributed by atoms with Gasteiger partial charge in [-0.25, -0.2) is 0 Å². The third-order valence-electron chi connectivity index (χ3n) is 6.82. The summed E-state index contributed by atoms with van der Waals surface area (Å²) in [4.78, 5) is 45.5. The minimum atomic E-state index is -0.0204. The van der Waals surface area contributed by atoms with E-state index in [0.717, 1.165) is 49.1 Å². The van der Waals surface area contributed by atoms with Crippen LogP contribution in [0.5, 0.6) is 0 Å². The molecule has 0 atom stereocenters. The molecule has 33 heavy (non-hydrogen) atoms. The lowest BCUT2D eigenvalue weighted by molar-refractivity contribution is -0.140. The van der Waals surface area contributed by atoms with Crippen LogP contribution in [0.2, 0.25) is 0 Å². The highest BCUT2D eigenvalue weighted by Crippen LogP contribution is 2.26. The summed E-state index contributed by atoms with van der Waals surface area (Å²) >= 11 is 1.47. The van der Waals surface area contributed by atoms with Crippen molar-refractivity contribution in [3.63, 3.8) is 0 Å². The summed E-state index contributed by atoms with van der Waals surface area (Å²) in [5, 5.41) is 1.92. The normalized spacial score (nSPS) is 17.7. The molecular weight excluding hydrogens is 434 g/mol. The van der Waals surface area contributed by atoms with Gasteiger partial charge < -0.3 is 14.7 Å². The molecule has 0 N–H and O–H groups in total. The van der Waals surface area contributed by atoms with Gasteiger partial charge in [-0.15, -0.1) is 11.3 Å². The molecule has 176 valence electrons. The minimum Gasteiger partial charge on any atom is -0.339 e. The lowest BCUT2D eigenvalue weighted by atomic mass is 9.93. The van der Waals surface area contributed by atoms with Crippen LogP contribution in [0, 0.1) is 5.92 Å². The van der Waals surface area contributed by atoms with Crippen LogP contribution in [0.4, 0.5) is 0 Å². The van der Waals surface area contributed by atoms with Gasteiger partial charge in [-0.05, 0) is 55.7 Å². The highest BCUT2D eigenvalue weighted by molar-refractivity contribution is 7.12. The molecule has 2 aliphatic rings. The number of piperidine rings is 2. The van der Waals surface area contributed by atoms with Crippen molar-refractivity contribution in [2.45, 2.75) is 45.1 Å². The number of carbonyl (C=O) groups is 3. The van der Waals surface area contributed by atoms with Gasteiger partial charge in [0.25, 0.3) is 11.8 Å². The molecule has 0 aliphatic carbocycles. The Morgan fingerprint density at radius 2 is 1.52 bits per heavy atom. The van der Waals surface area contributed by atoms with Gasteiger partial charge in [0, 0.05) is 50.2 Å². The third-order valence-corrected chi connectivity index (χ3v) is 7.68. The quantitative estimate of drug-likeness (QED) is 0.641. The first-order chi connectivity index (χ1) is 16.1. The van der Waals surface area contributed by atoms with Gasteiger partial charge in [-0.3, -0.25) is 14.4 Å². The summed E-state index contributed by atoms with van der Waals surface area (Å²) in [6.45, 7) is 5.49. The standard InChI is InChI=1S/C26H33N3O3S/c1-2-14-29(22-12-17-27(18-13-22)24(30)20-7-4-3-5-8-20)25(31)21-10-15-28(16-11-21)26(32)23-9-6-19-33-23/h3-9,19,21-22H,2,10-18H2,1H3. The van der Waals surface area contributed by atoms with Crippen molar-refractivity contribution < 1.29 is 14.4 Å². The Morgan fingerprint density at radius 1 is 0.879 bits per heavy atom. The first kappa shape index (κ1) is 23.5. The number of hydrogen-bond donors (Lipinski definition) is 0. The molecule has 1 aromatic heterocycles. The average Bonchev–Trinajstić information content (AvgIpc) is 3.42. The van der Waals surface area contributed by atoms with Crippen LogP contribution in [-0.4, -0.2) is 71.2 Å². The van der Waals surface area contributed by atoms with Crippen LogP contribution in [0.3, 0.4) is 0 Å². The number of likely N-dealkylation sites (tertiary alicyclic amines) is 2. The van der Waals surface area contributed by atoms with Gasteiger partial charge in [0.1, 0.15) is 0 Å². The minimum absolute atomic E-state index is 0.0204. The average molecular weight is 468 g/mol. The molecule has 0 spiro atoms. The molecule has 7 heteroatoms. The second-order valence-electron chi connectivity index (χ2n) is 8.96. The van der Waals surface area contributed by atoms with Crippen LogP contribution in [-0.2, 0) is 4.79 Å². The molecule has 2 aromatic rings. The van der Waals surface area contributed by atoms with E-state index in [2.05, 4.69) is 11.8 Å². The second kappa shape index (κ2) is 11.0. The highest BCUT2D eigenvalue weighted by atomic mass is 32.1. The summed E-state index contributed by atoms with van der Waals surface area (Å²) in [5.41, 5.74) is 0.723. The number of nitrogens with zero attached hydrogens (tertiary/aromatic N) is 3. The maximum absolute atomic E-state index is 13.5. The zero-order valence-electron chi connectivity index (χ0n) is 19.3. The lowest BCUT2D eigenvalue weighted by Gasteiger charge is -2.41. The van der Waals surface area contributed by atoms with Crippen molar-refractivity contribution in [1.29, 1.82) is 0 Å². The lowest BCUT2D eigenvalue weighted by Crippen LogP contribution is -2.52. The Kier molecular flexibility index (Phi) is 7.81. The second-order valence-corrected chi connectivity index (χ2v) is 9.91.